The van der Waals surface area contributed by atoms with E-state index in [4.69, 9.17) is 10.3 Å². The van der Waals surface area contributed by atoms with E-state index in [2.05, 4.69) is 20.8 Å². The van der Waals surface area contributed by atoms with Gasteiger partial charge in [0.25, 0.3) is 0 Å². The molecule has 0 fully saturated rings. The predicted octanol–water partition coefficient (Wildman–Crippen LogP) is 1.72. The Morgan fingerprint density at radius 3 is 2.65 bits per heavy atom. The van der Waals surface area contributed by atoms with Gasteiger partial charge in [-0.2, -0.15) is 4.98 Å². The van der Waals surface area contributed by atoms with Crippen LogP contribution in [0.1, 0.15) is 30.2 Å². The molecule has 0 aliphatic carbocycles. The maximum absolute atomic E-state index is 10.7. The van der Waals surface area contributed by atoms with Crippen LogP contribution in [-0.4, -0.2) is 16.2 Å². The van der Waals surface area contributed by atoms with Gasteiger partial charge in [0.1, 0.15) is 0 Å². The van der Waals surface area contributed by atoms with Gasteiger partial charge in [-0.25, -0.2) is 4.79 Å². The fourth-order valence-corrected chi connectivity index (χ4v) is 1.77. The molecule has 2 aromatic rings. The van der Waals surface area contributed by atoms with E-state index in [-0.39, 0.29) is 6.04 Å². The van der Waals surface area contributed by atoms with Gasteiger partial charge in [0, 0.05) is 11.7 Å². The van der Waals surface area contributed by atoms with E-state index >= 15 is 0 Å². The van der Waals surface area contributed by atoms with Crippen LogP contribution in [0.3, 0.4) is 0 Å². The first-order valence-corrected chi connectivity index (χ1v) is 6.23. The van der Waals surface area contributed by atoms with Gasteiger partial charge in [-0.05, 0) is 31.5 Å². The molecular weight excluding hydrogens is 258 g/mol. The van der Waals surface area contributed by atoms with Crippen molar-refractivity contribution in [3.05, 3.63) is 41.5 Å². The van der Waals surface area contributed by atoms with Gasteiger partial charge in [0.2, 0.25) is 5.89 Å². The third-order valence-electron chi connectivity index (χ3n) is 2.81. The molecule has 0 aliphatic heterocycles. The molecule has 0 spiro atoms. The average molecular weight is 275 g/mol. The Hall–Kier alpha value is -2.41. The topological polar surface area (TPSA) is 106 Å². The summed E-state index contributed by atoms with van der Waals surface area (Å²) in [5, 5.41) is 9.53. The number of benzene rings is 1. The molecule has 20 heavy (non-hydrogen) atoms. The number of hydrogen-bond donors (Lipinski definition) is 3. The number of aryl methyl sites for hydroxylation is 1. The molecule has 106 valence electrons. The molecular formula is C13H17N5O2. The summed E-state index contributed by atoms with van der Waals surface area (Å²) in [6.07, 6.45) is 0. The Morgan fingerprint density at radius 1 is 1.40 bits per heavy atom. The molecule has 1 aromatic heterocycles. The number of nitrogens with one attached hydrogen (secondary N) is 2. The number of primary amides is 1. The Labute approximate surface area is 116 Å². The number of hydrogen-bond acceptors (Lipinski definition) is 5. The highest BCUT2D eigenvalue weighted by atomic mass is 16.5. The number of anilines is 1. The van der Waals surface area contributed by atoms with Crippen molar-refractivity contribution in [1.29, 1.82) is 0 Å². The summed E-state index contributed by atoms with van der Waals surface area (Å²) in [5.41, 5.74) is 6.80. The third kappa shape index (κ3) is 3.79. The molecule has 2 amide bonds. The first kappa shape index (κ1) is 14.0. The second-order valence-electron chi connectivity index (χ2n) is 4.45. The number of aromatic nitrogens is 2. The first-order valence-electron chi connectivity index (χ1n) is 6.23. The summed E-state index contributed by atoms with van der Waals surface area (Å²) < 4.78 is 5.03. The molecule has 0 saturated carbocycles. The van der Waals surface area contributed by atoms with Gasteiger partial charge in [-0.3, -0.25) is 0 Å². The summed E-state index contributed by atoms with van der Waals surface area (Å²) in [4.78, 5) is 14.8. The van der Waals surface area contributed by atoms with Crippen molar-refractivity contribution in [3.8, 4) is 0 Å². The fourth-order valence-electron chi connectivity index (χ4n) is 1.77. The Kier molecular flexibility index (Phi) is 4.31. The second kappa shape index (κ2) is 6.16. The van der Waals surface area contributed by atoms with E-state index in [1.807, 2.05) is 19.1 Å². The zero-order valence-electron chi connectivity index (χ0n) is 11.4. The number of rotatable bonds is 5. The number of urea groups is 1. The van der Waals surface area contributed by atoms with E-state index in [1.54, 1.807) is 19.1 Å². The molecule has 1 unspecified atom stereocenters. The van der Waals surface area contributed by atoms with Gasteiger partial charge in [-0.15, -0.1) is 0 Å². The minimum Gasteiger partial charge on any atom is -0.351 e. The smallest absolute Gasteiger partial charge is 0.316 e. The number of carbonyl (C=O) groups is 1. The lowest BCUT2D eigenvalue weighted by Crippen LogP contribution is -2.20. The largest absolute Gasteiger partial charge is 0.351 e. The third-order valence-corrected chi connectivity index (χ3v) is 2.81. The molecule has 0 saturated heterocycles. The summed E-state index contributed by atoms with van der Waals surface area (Å²) in [7, 11) is 0. The predicted molar refractivity (Wildman–Crippen MR) is 73.9 cm³/mol. The molecule has 1 atom stereocenters. The van der Waals surface area contributed by atoms with Crippen LogP contribution in [-0.2, 0) is 6.54 Å². The summed E-state index contributed by atoms with van der Waals surface area (Å²) in [6, 6.07) is 6.98. The minimum absolute atomic E-state index is 0.116. The highest BCUT2D eigenvalue weighted by Gasteiger charge is 2.08. The van der Waals surface area contributed by atoms with Crippen LogP contribution < -0.4 is 16.4 Å². The summed E-state index contributed by atoms with van der Waals surface area (Å²) in [6.45, 7) is 4.31. The van der Waals surface area contributed by atoms with Crippen molar-refractivity contribution >= 4 is 11.7 Å². The van der Waals surface area contributed by atoms with Crippen molar-refractivity contribution < 1.29 is 9.32 Å². The molecule has 2 rings (SSSR count). The highest BCUT2D eigenvalue weighted by molar-refractivity contribution is 5.87. The number of amides is 2. The Morgan fingerprint density at radius 2 is 2.10 bits per heavy atom. The van der Waals surface area contributed by atoms with Crippen LogP contribution in [0.25, 0.3) is 0 Å². The van der Waals surface area contributed by atoms with Gasteiger partial charge in [0.15, 0.2) is 5.82 Å². The van der Waals surface area contributed by atoms with Crippen LogP contribution in [0.4, 0.5) is 10.5 Å². The molecule has 4 N–H and O–H groups in total. The van der Waals surface area contributed by atoms with E-state index in [0.717, 1.165) is 5.56 Å². The quantitative estimate of drug-likeness (QED) is 0.770. The van der Waals surface area contributed by atoms with Crippen LogP contribution in [0.2, 0.25) is 0 Å². The summed E-state index contributed by atoms with van der Waals surface area (Å²) in [5.74, 6) is 1.18. The van der Waals surface area contributed by atoms with E-state index < -0.39 is 6.03 Å². The molecule has 0 aliphatic rings. The zero-order valence-corrected chi connectivity index (χ0v) is 11.4. The lowest BCUT2D eigenvalue weighted by molar-refractivity contribution is 0.259. The average Bonchev–Trinajstić information content (AvgIpc) is 2.82. The van der Waals surface area contributed by atoms with Gasteiger partial charge < -0.3 is 20.9 Å². The van der Waals surface area contributed by atoms with Crippen molar-refractivity contribution in [2.45, 2.75) is 26.4 Å². The lowest BCUT2D eigenvalue weighted by Gasteiger charge is -2.13. The molecule has 1 heterocycles. The van der Waals surface area contributed by atoms with Crippen LogP contribution >= 0.6 is 0 Å². The number of nitrogens with two attached hydrogens (primary N) is 1. The SMILES string of the molecule is Cc1noc(CNC(C)c2ccc(NC(N)=O)cc2)n1. The maximum Gasteiger partial charge on any atom is 0.316 e. The van der Waals surface area contributed by atoms with Crippen molar-refractivity contribution in [2.75, 3.05) is 5.32 Å². The minimum atomic E-state index is -0.573. The highest BCUT2D eigenvalue weighted by Crippen LogP contribution is 2.16. The van der Waals surface area contributed by atoms with E-state index in [9.17, 15) is 4.79 Å². The standard InChI is InChI=1S/C13H17N5O2/c1-8(15-7-12-16-9(2)18-20-12)10-3-5-11(6-4-10)17-13(14)19/h3-6,8,15H,7H2,1-2H3,(H3,14,17,19). The van der Waals surface area contributed by atoms with Crippen molar-refractivity contribution in [1.82, 2.24) is 15.5 Å². The van der Waals surface area contributed by atoms with Crippen LogP contribution in [0.5, 0.6) is 0 Å². The molecule has 1 aromatic carbocycles. The van der Waals surface area contributed by atoms with Crippen LogP contribution in [0.15, 0.2) is 28.8 Å². The van der Waals surface area contributed by atoms with Gasteiger partial charge in [-0.1, -0.05) is 17.3 Å². The zero-order chi connectivity index (χ0) is 14.5. The van der Waals surface area contributed by atoms with Gasteiger partial charge in [0.05, 0.1) is 6.54 Å². The molecule has 7 heteroatoms. The normalized spacial score (nSPS) is 12.1. The molecule has 0 bridgehead atoms. The fraction of sp³-hybridized carbons (Fsp3) is 0.308. The van der Waals surface area contributed by atoms with Crippen molar-refractivity contribution in [2.24, 2.45) is 5.73 Å². The monoisotopic (exact) mass is 275 g/mol. The lowest BCUT2D eigenvalue weighted by atomic mass is 10.1. The Balaban J connectivity index is 1.91. The Bertz CT molecular complexity index is 579. The van der Waals surface area contributed by atoms with E-state index in [0.29, 0.717) is 23.9 Å². The van der Waals surface area contributed by atoms with Crippen molar-refractivity contribution in [3.63, 3.8) is 0 Å². The molecule has 0 radical (unpaired) electrons. The molecule has 7 nitrogen and oxygen atoms in total. The van der Waals surface area contributed by atoms with Gasteiger partial charge >= 0.3 is 6.03 Å². The number of carbonyl (C=O) groups excluding carboxylic acids is 1. The first-order chi connectivity index (χ1) is 9.54. The summed E-state index contributed by atoms with van der Waals surface area (Å²) >= 11 is 0. The maximum atomic E-state index is 10.7. The van der Waals surface area contributed by atoms with E-state index in [1.165, 1.54) is 0 Å². The van der Waals surface area contributed by atoms with Crippen LogP contribution in [0, 0.1) is 6.92 Å². The second-order valence-corrected chi connectivity index (χ2v) is 4.45. The number of nitrogens with zero attached hydrogens (tertiary/aromatic N) is 2.